The lowest BCUT2D eigenvalue weighted by atomic mass is 10.2. The van der Waals surface area contributed by atoms with E-state index in [4.69, 9.17) is 4.74 Å². The van der Waals surface area contributed by atoms with E-state index < -0.39 is 11.9 Å². The molecule has 0 saturated heterocycles. The molecule has 3 amide bonds. The van der Waals surface area contributed by atoms with Crippen molar-refractivity contribution in [2.75, 3.05) is 19.5 Å². The number of carbonyl (C=O) groups excluding carboxylic acids is 2. The summed E-state index contributed by atoms with van der Waals surface area (Å²) >= 11 is 1.13. The molecule has 8 nitrogen and oxygen atoms in total. The minimum Gasteiger partial charge on any atom is -0.385 e. The first-order valence-electron chi connectivity index (χ1n) is 9.18. The number of benzene rings is 1. The number of amides is 3. The van der Waals surface area contributed by atoms with Crippen molar-refractivity contribution in [3.63, 3.8) is 0 Å². The molecule has 2 rings (SSSR count). The Kier molecular flexibility index (Phi) is 8.46. The standard InChI is InChI=1S/C19H26N4O4S/c1-4-13(2)20-18(26)22-16(24)12-28-19-21-15-9-6-5-8-14(15)17(25)23(19)10-7-11-27-3/h5-6,8-9,13H,4,7,10-12H2,1-3H3,(H2,20,22,24,26)/t13-/m0/s1. The lowest BCUT2D eigenvalue weighted by Crippen LogP contribution is -2.44. The van der Waals surface area contributed by atoms with E-state index in [9.17, 15) is 14.4 Å². The number of hydrogen-bond acceptors (Lipinski definition) is 6. The van der Waals surface area contributed by atoms with Crippen LogP contribution in [0.25, 0.3) is 10.9 Å². The molecule has 0 unspecified atom stereocenters. The first-order chi connectivity index (χ1) is 13.5. The van der Waals surface area contributed by atoms with Crippen molar-refractivity contribution >= 4 is 34.6 Å². The van der Waals surface area contributed by atoms with Crippen molar-refractivity contribution < 1.29 is 14.3 Å². The summed E-state index contributed by atoms with van der Waals surface area (Å²) in [6.45, 7) is 4.75. The molecule has 1 aromatic carbocycles. The molecule has 1 atom stereocenters. The Bertz CT molecular complexity index is 884. The highest BCUT2D eigenvalue weighted by atomic mass is 32.2. The third-order valence-electron chi connectivity index (χ3n) is 4.13. The van der Waals surface area contributed by atoms with Gasteiger partial charge in [-0.1, -0.05) is 30.8 Å². The molecule has 0 spiro atoms. The lowest BCUT2D eigenvalue weighted by molar-refractivity contribution is -0.117. The molecule has 0 aliphatic heterocycles. The summed E-state index contributed by atoms with van der Waals surface area (Å²) in [6.07, 6.45) is 1.42. The van der Waals surface area contributed by atoms with E-state index in [1.807, 2.05) is 19.9 Å². The number of ether oxygens (including phenoxy) is 1. The van der Waals surface area contributed by atoms with Gasteiger partial charge in [-0.25, -0.2) is 9.78 Å². The number of nitrogens with zero attached hydrogens (tertiary/aromatic N) is 2. The van der Waals surface area contributed by atoms with Crippen molar-refractivity contribution in [3.05, 3.63) is 34.6 Å². The maximum atomic E-state index is 12.8. The molecular weight excluding hydrogens is 380 g/mol. The van der Waals surface area contributed by atoms with Gasteiger partial charge in [0.1, 0.15) is 0 Å². The Morgan fingerprint density at radius 2 is 2.07 bits per heavy atom. The van der Waals surface area contributed by atoms with Gasteiger partial charge in [-0.15, -0.1) is 0 Å². The highest BCUT2D eigenvalue weighted by Crippen LogP contribution is 2.18. The highest BCUT2D eigenvalue weighted by molar-refractivity contribution is 7.99. The summed E-state index contributed by atoms with van der Waals surface area (Å²) in [4.78, 5) is 41.2. The van der Waals surface area contributed by atoms with Crippen LogP contribution in [0.4, 0.5) is 4.79 Å². The van der Waals surface area contributed by atoms with Crippen LogP contribution in [0.5, 0.6) is 0 Å². The Morgan fingerprint density at radius 1 is 1.32 bits per heavy atom. The Morgan fingerprint density at radius 3 is 2.79 bits per heavy atom. The molecule has 1 heterocycles. The van der Waals surface area contributed by atoms with Crippen molar-refractivity contribution in [1.29, 1.82) is 0 Å². The van der Waals surface area contributed by atoms with Gasteiger partial charge in [0.25, 0.3) is 5.56 Å². The van der Waals surface area contributed by atoms with Gasteiger partial charge in [0, 0.05) is 26.3 Å². The molecule has 0 saturated carbocycles. The fourth-order valence-electron chi connectivity index (χ4n) is 2.48. The van der Waals surface area contributed by atoms with E-state index in [0.29, 0.717) is 35.6 Å². The van der Waals surface area contributed by atoms with Crippen LogP contribution >= 0.6 is 11.8 Å². The van der Waals surface area contributed by atoms with E-state index in [1.165, 1.54) is 0 Å². The summed E-state index contributed by atoms with van der Waals surface area (Å²) < 4.78 is 6.62. The number of para-hydroxylation sites is 1. The van der Waals surface area contributed by atoms with Gasteiger partial charge in [0.05, 0.1) is 16.7 Å². The van der Waals surface area contributed by atoms with Gasteiger partial charge >= 0.3 is 6.03 Å². The smallest absolute Gasteiger partial charge is 0.321 e. The van der Waals surface area contributed by atoms with E-state index >= 15 is 0 Å². The van der Waals surface area contributed by atoms with E-state index in [2.05, 4.69) is 15.6 Å². The van der Waals surface area contributed by atoms with E-state index in [1.54, 1.807) is 29.9 Å². The summed E-state index contributed by atoms with van der Waals surface area (Å²) in [5.74, 6) is -0.472. The predicted molar refractivity (Wildman–Crippen MR) is 110 cm³/mol. The van der Waals surface area contributed by atoms with Gasteiger partial charge in [0.15, 0.2) is 5.16 Å². The van der Waals surface area contributed by atoms with Crippen LogP contribution in [0.3, 0.4) is 0 Å². The third kappa shape index (κ3) is 6.07. The molecule has 1 aromatic heterocycles. The second kappa shape index (κ2) is 10.8. The second-order valence-corrected chi connectivity index (χ2v) is 7.28. The lowest BCUT2D eigenvalue weighted by Gasteiger charge is -2.14. The number of imide groups is 1. The fraction of sp³-hybridized carbons (Fsp3) is 0.474. The Hall–Kier alpha value is -2.39. The summed E-state index contributed by atoms with van der Waals surface area (Å²) in [5.41, 5.74) is 0.423. The SMILES string of the molecule is CC[C@H](C)NC(=O)NC(=O)CSc1nc2ccccc2c(=O)n1CCCOC. The monoisotopic (exact) mass is 406 g/mol. The Labute approximate surface area is 168 Å². The zero-order valence-corrected chi connectivity index (χ0v) is 17.2. The highest BCUT2D eigenvalue weighted by Gasteiger charge is 2.15. The first-order valence-corrected chi connectivity index (χ1v) is 10.2. The molecule has 2 N–H and O–H groups in total. The van der Waals surface area contributed by atoms with E-state index in [-0.39, 0.29) is 17.4 Å². The molecule has 0 aliphatic carbocycles. The van der Waals surface area contributed by atoms with Crippen LogP contribution in [0, 0.1) is 0 Å². The normalized spacial score (nSPS) is 12.0. The van der Waals surface area contributed by atoms with E-state index in [0.717, 1.165) is 18.2 Å². The number of hydrogen-bond donors (Lipinski definition) is 2. The number of urea groups is 1. The van der Waals surface area contributed by atoms with Gasteiger partial charge in [-0.2, -0.15) is 0 Å². The topological polar surface area (TPSA) is 102 Å². The average Bonchev–Trinajstić information content (AvgIpc) is 2.68. The first kappa shape index (κ1) is 21.9. The molecule has 0 aliphatic rings. The third-order valence-corrected chi connectivity index (χ3v) is 5.11. The number of nitrogens with one attached hydrogen (secondary N) is 2. The van der Waals surface area contributed by atoms with Crippen molar-refractivity contribution in [2.24, 2.45) is 0 Å². The van der Waals surface area contributed by atoms with Gasteiger partial charge < -0.3 is 10.1 Å². The molecule has 0 fully saturated rings. The molecular formula is C19H26N4O4S. The average molecular weight is 407 g/mol. The summed E-state index contributed by atoms with van der Waals surface area (Å²) in [7, 11) is 1.60. The summed E-state index contributed by atoms with van der Waals surface area (Å²) in [6, 6.07) is 6.56. The maximum absolute atomic E-state index is 12.8. The van der Waals surface area contributed by atoms with Crippen LogP contribution in [0.1, 0.15) is 26.7 Å². The number of methoxy groups -OCH3 is 1. The maximum Gasteiger partial charge on any atom is 0.321 e. The fourth-order valence-corrected chi connectivity index (χ4v) is 3.30. The van der Waals surface area contributed by atoms with Gasteiger partial charge in [-0.3, -0.25) is 19.5 Å². The quantitative estimate of drug-likeness (QED) is 0.376. The minimum absolute atomic E-state index is 0.0198. The van der Waals surface area contributed by atoms with Crippen LogP contribution < -0.4 is 16.2 Å². The van der Waals surface area contributed by atoms with Crippen LogP contribution in [-0.4, -0.2) is 47.0 Å². The van der Waals surface area contributed by atoms with Crippen molar-refractivity contribution in [2.45, 2.75) is 44.4 Å². The minimum atomic E-state index is -0.524. The largest absolute Gasteiger partial charge is 0.385 e. The molecule has 28 heavy (non-hydrogen) atoms. The molecule has 152 valence electrons. The van der Waals surface area contributed by atoms with Gasteiger partial charge in [0.2, 0.25) is 5.91 Å². The van der Waals surface area contributed by atoms with Crippen LogP contribution in [0.2, 0.25) is 0 Å². The number of aromatic nitrogens is 2. The molecule has 9 heteroatoms. The number of fused-ring (bicyclic) bond motifs is 1. The number of carbonyl (C=O) groups is 2. The predicted octanol–water partition coefficient (Wildman–Crippen LogP) is 2.15. The zero-order chi connectivity index (χ0) is 20.5. The van der Waals surface area contributed by atoms with Crippen LogP contribution in [-0.2, 0) is 16.1 Å². The number of rotatable bonds is 9. The second-order valence-electron chi connectivity index (χ2n) is 6.33. The van der Waals surface area contributed by atoms with Gasteiger partial charge in [-0.05, 0) is 31.9 Å². The molecule has 0 radical (unpaired) electrons. The van der Waals surface area contributed by atoms with Crippen LogP contribution in [0.15, 0.2) is 34.2 Å². The molecule has 2 aromatic rings. The van der Waals surface area contributed by atoms with Crippen molar-refractivity contribution in [3.8, 4) is 0 Å². The zero-order valence-electron chi connectivity index (χ0n) is 16.4. The van der Waals surface area contributed by atoms with Crippen molar-refractivity contribution in [1.82, 2.24) is 20.2 Å². The summed E-state index contributed by atoms with van der Waals surface area (Å²) in [5, 5.41) is 5.94. The Balaban J connectivity index is 2.13. The number of thioether (sulfide) groups is 1. The molecule has 0 bridgehead atoms.